The highest BCUT2D eigenvalue weighted by Crippen LogP contribution is 2.25. The van der Waals surface area contributed by atoms with E-state index < -0.39 is 50.9 Å². The van der Waals surface area contributed by atoms with Gasteiger partial charge in [-0.3, -0.25) is 9.52 Å². The van der Waals surface area contributed by atoms with E-state index in [4.69, 9.17) is 0 Å². The number of amides is 1. The fraction of sp³-hybridized carbons (Fsp3) is 0.296. The lowest BCUT2D eigenvalue weighted by Crippen LogP contribution is -2.48. The summed E-state index contributed by atoms with van der Waals surface area (Å²) in [6.07, 6.45) is -0.598. The maximum absolute atomic E-state index is 13.8. The molecule has 0 saturated heterocycles. The minimum absolute atomic E-state index is 0.0233. The number of hydrogen-bond donors (Lipinski definition) is 4. The Labute approximate surface area is 228 Å². The maximum Gasteiger partial charge on any atom is 0.516 e. The van der Waals surface area contributed by atoms with Gasteiger partial charge in [0.05, 0.1) is 12.1 Å². The molecule has 13 heteroatoms. The van der Waals surface area contributed by atoms with Crippen LogP contribution in [0.25, 0.3) is 0 Å². The second-order valence-corrected chi connectivity index (χ2v) is 10.7. The van der Waals surface area contributed by atoms with Crippen LogP contribution in [0.1, 0.15) is 34.0 Å². The van der Waals surface area contributed by atoms with Crippen molar-refractivity contribution >= 4 is 21.6 Å². The lowest BCUT2D eigenvalue weighted by molar-refractivity contribution is -0.0429. The number of halogens is 5. The third kappa shape index (κ3) is 8.73. The third-order valence-corrected chi connectivity index (χ3v) is 7.04. The number of alkyl halides is 3. The molecule has 0 aliphatic heterocycles. The van der Waals surface area contributed by atoms with E-state index in [0.717, 1.165) is 41.8 Å². The molecule has 0 heterocycles. The second kappa shape index (κ2) is 13.2. The van der Waals surface area contributed by atoms with Crippen LogP contribution in [-0.2, 0) is 29.4 Å². The molecule has 3 aromatic rings. The molecule has 0 spiro atoms. The van der Waals surface area contributed by atoms with Crippen LogP contribution >= 0.6 is 0 Å². The van der Waals surface area contributed by atoms with Crippen LogP contribution in [0.5, 0.6) is 0 Å². The summed E-state index contributed by atoms with van der Waals surface area (Å²) in [5.41, 5.74) is -4.06. The first-order chi connectivity index (χ1) is 18.8. The van der Waals surface area contributed by atoms with Crippen molar-refractivity contribution in [3.63, 3.8) is 0 Å². The predicted molar refractivity (Wildman–Crippen MR) is 140 cm³/mol. The highest BCUT2D eigenvalue weighted by atomic mass is 32.2. The van der Waals surface area contributed by atoms with Gasteiger partial charge in [0.25, 0.3) is 5.91 Å². The van der Waals surface area contributed by atoms with Crippen LogP contribution in [0.3, 0.4) is 0 Å². The molecule has 0 unspecified atom stereocenters. The maximum atomic E-state index is 13.8. The Balaban J connectivity index is 1.76. The van der Waals surface area contributed by atoms with E-state index in [1.54, 1.807) is 0 Å². The van der Waals surface area contributed by atoms with Gasteiger partial charge in [0.1, 0.15) is 11.6 Å². The van der Waals surface area contributed by atoms with Gasteiger partial charge in [0.15, 0.2) is 0 Å². The van der Waals surface area contributed by atoms with Crippen molar-refractivity contribution in [3.05, 3.63) is 101 Å². The number of aryl methyl sites for hydroxylation is 1. The number of carbonyl (C=O) groups excluding carboxylic acids is 1. The van der Waals surface area contributed by atoms with Gasteiger partial charge in [-0.15, -0.1) is 0 Å². The normalized spacial score (nSPS) is 13.5. The Morgan fingerprint density at radius 1 is 0.925 bits per heavy atom. The van der Waals surface area contributed by atoms with Crippen molar-refractivity contribution in [1.29, 1.82) is 0 Å². The fourth-order valence-electron chi connectivity index (χ4n) is 3.92. The van der Waals surface area contributed by atoms with Crippen LogP contribution in [-0.4, -0.2) is 43.6 Å². The summed E-state index contributed by atoms with van der Waals surface area (Å²) >= 11 is 0. The Morgan fingerprint density at radius 2 is 1.57 bits per heavy atom. The van der Waals surface area contributed by atoms with Crippen LogP contribution in [0, 0.1) is 11.6 Å². The first-order valence-corrected chi connectivity index (χ1v) is 13.7. The standard InChI is InChI=1S/C27H28F5N3O4S/c1-2-17-5-3-6-18(9-17)15-33-16-25(36)24(12-19-10-21(28)14-22(29)11-19)34-26(37)20-7-4-8-23(13-20)35-40(38,39)27(30,31)32/h3-11,13-14,24-25,33,35-36H,2,12,15-16H2,1H3,(H,34,37)/t24-,25+/m0/s1. The monoisotopic (exact) mass is 585 g/mol. The average Bonchev–Trinajstić information content (AvgIpc) is 2.87. The van der Waals surface area contributed by atoms with E-state index in [0.29, 0.717) is 12.6 Å². The lowest BCUT2D eigenvalue weighted by Gasteiger charge is -2.25. The number of anilines is 1. The molecule has 1 amide bonds. The molecule has 4 N–H and O–H groups in total. The van der Waals surface area contributed by atoms with Gasteiger partial charge in [0.2, 0.25) is 0 Å². The number of aliphatic hydroxyl groups excluding tert-OH is 1. The predicted octanol–water partition coefficient (Wildman–Crippen LogP) is 4.28. The second-order valence-electron chi connectivity index (χ2n) is 9.07. The average molecular weight is 586 g/mol. The van der Waals surface area contributed by atoms with E-state index in [-0.39, 0.29) is 24.1 Å². The molecule has 0 aliphatic rings. The molecule has 0 bridgehead atoms. The molecule has 7 nitrogen and oxygen atoms in total. The first-order valence-electron chi connectivity index (χ1n) is 12.2. The summed E-state index contributed by atoms with van der Waals surface area (Å²) in [7, 11) is -5.72. The highest BCUT2D eigenvalue weighted by Gasteiger charge is 2.46. The number of rotatable bonds is 12. The topological polar surface area (TPSA) is 108 Å². The number of nitrogens with one attached hydrogen (secondary N) is 3. The van der Waals surface area contributed by atoms with Crippen molar-refractivity contribution in [2.45, 2.75) is 44.0 Å². The molecule has 3 rings (SSSR count). The molecule has 3 aromatic carbocycles. The molecule has 216 valence electrons. The Morgan fingerprint density at radius 3 is 2.23 bits per heavy atom. The Bertz CT molecular complexity index is 1410. The Kier molecular flexibility index (Phi) is 10.2. The Hall–Kier alpha value is -3.55. The van der Waals surface area contributed by atoms with Gasteiger partial charge in [-0.1, -0.05) is 37.3 Å². The summed E-state index contributed by atoms with van der Waals surface area (Å²) < 4.78 is 90.0. The van der Waals surface area contributed by atoms with Gasteiger partial charge in [0, 0.05) is 30.4 Å². The van der Waals surface area contributed by atoms with Crippen molar-refractivity contribution in [1.82, 2.24) is 10.6 Å². The summed E-state index contributed by atoms with van der Waals surface area (Å²) in [6.45, 7) is 2.38. The summed E-state index contributed by atoms with van der Waals surface area (Å²) in [5.74, 6) is -2.56. The number of benzene rings is 3. The van der Waals surface area contributed by atoms with Gasteiger partial charge >= 0.3 is 15.5 Å². The van der Waals surface area contributed by atoms with Gasteiger partial charge in [-0.05, 0) is 59.9 Å². The molecule has 0 saturated carbocycles. The van der Waals surface area contributed by atoms with Crippen molar-refractivity contribution in [2.75, 3.05) is 11.3 Å². The first kappa shape index (κ1) is 31.0. The molecule has 0 aliphatic carbocycles. The van der Waals surface area contributed by atoms with Gasteiger partial charge < -0.3 is 15.7 Å². The van der Waals surface area contributed by atoms with E-state index in [2.05, 4.69) is 10.6 Å². The minimum Gasteiger partial charge on any atom is -0.390 e. The van der Waals surface area contributed by atoms with Crippen molar-refractivity contribution < 1.29 is 40.3 Å². The summed E-state index contributed by atoms with van der Waals surface area (Å²) in [6, 6.07) is 13.8. The summed E-state index contributed by atoms with van der Waals surface area (Å²) in [5, 5.41) is 16.5. The van der Waals surface area contributed by atoms with Gasteiger partial charge in [-0.25, -0.2) is 8.78 Å². The van der Waals surface area contributed by atoms with Gasteiger partial charge in [-0.2, -0.15) is 21.6 Å². The molecule has 0 fully saturated rings. The lowest BCUT2D eigenvalue weighted by atomic mass is 10.00. The quantitative estimate of drug-likeness (QED) is 0.238. The minimum atomic E-state index is -5.72. The van der Waals surface area contributed by atoms with Crippen LogP contribution < -0.4 is 15.4 Å². The largest absolute Gasteiger partial charge is 0.516 e. The van der Waals surface area contributed by atoms with E-state index in [1.807, 2.05) is 31.2 Å². The van der Waals surface area contributed by atoms with Crippen LogP contribution in [0.4, 0.5) is 27.6 Å². The molecule has 0 aromatic heterocycles. The van der Waals surface area contributed by atoms with Crippen LogP contribution in [0.15, 0.2) is 66.7 Å². The molecular formula is C27H28F5N3O4S. The number of carbonyl (C=O) groups is 1. The SMILES string of the molecule is CCc1cccc(CNC[C@@H](O)[C@H](Cc2cc(F)cc(F)c2)NC(=O)c2cccc(NS(=O)(=O)C(F)(F)F)c2)c1. The molecule has 2 atom stereocenters. The zero-order chi connectivity index (χ0) is 29.5. The fourth-order valence-corrected chi connectivity index (χ4v) is 4.47. The van der Waals surface area contributed by atoms with E-state index in [1.165, 1.54) is 16.9 Å². The number of aliphatic hydroxyl groups is 1. The smallest absolute Gasteiger partial charge is 0.390 e. The number of hydrogen-bond acceptors (Lipinski definition) is 5. The summed E-state index contributed by atoms with van der Waals surface area (Å²) in [4.78, 5) is 13.0. The van der Waals surface area contributed by atoms with Crippen LogP contribution in [0.2, 0.25) is 0 Å². The molecule has 40 heavy (non-hydrogen) atoms. The third-order valence-electron chi connectivity index (χ3n) is 5.92. The highest BCUT2D eigenvalue weighted by molar-refractivity contribution is 7.93. The van der Waals surface area contributed by atoms with E-state index >= 15 is 0 Å². The van der Waals surface area contributed by atoms with Crippen molar-refractivity contribution in [3.8, 4) is 0 Å². The van der Waals surface area contributed by atoms with Crippen molar-refractivity contribution in [2.24, 2.45) is 0 Å². The zero-order valence-electron chi connectivity index (χ0n) is 21.3. The molecular weight excluding hydrogens is 557 g/mol. The van der Waals surface area contributed by atoms with E-state index in [9.17, 15) is 40.3 Å². The zero-order valence-corrected chi connectivity index (χ0v) is 22.1. The number of sulfonamides is 1. The molecule has 0 radical (unpaired) electrons.